The summed E-state index contributed by atoms with van der Waals surface area (Å²) in [6, 6.07) is 4.78. The van der Waals surface area contributed by atoms with Gasteiger partial charge in [-0.1, -0.05) is 29.3 Å². The van der Waals surface area contributed by atoms with E-state index in [0.29, 0.717) is 6.61 Å². The standard InChI is InChI=1S/C13H18BrNO3/c1-3-4-10(8-18-2)15-13(17)11-6-5-9(14)7-12(11)16/h5-7,10,16H,3-4,8H2,1-2H3,(H,15,17). The predicted octanol–water partition coefficient (Wildman–Crippen LogP) is 2.70. The van der Waals surface area contributed by atoms with E-state index in [2.05, 4.69) is 21.2 Å². The van der Waals surface area contributed by atoms with Crippen LogP contribution in [0.5, 0.6) is 5.75 Å². The second-order valence-electron chi connectivity index (χ2n) is 4.08. The van der Waals surface area contributed by atoms with Gasteiger partial charge in [0.2, 0.25) is 0 Å². The molecule has 1 amide bonds. The first-order valence-electron chi connectivity index (χ1n) is 5.86. The summed E-state index contributed by atoms with van der Waals surface area (Å²) in [6.45, 7) is 2.52. The van der Waals surface area contributed by atoms with Crippen molar-refractivity contribution < 1.29 is 14.6 Å². The Balaban J connectivity index is 2.73. The lowest BCUT2D eigenvalue weighted by atomic mass is 10.1. The first-order valence-corrected chi connectivity index (χ1v) is 6.66. The Morgan fingerprint density at radius 3 is 2.83 bits per heavy atom. The van der Waals surface area contributed by atoms with Crippen LogP contribution in [0.1, 0.15) is 30.1 Å². The van der Waals surface area contributed by atoms with E-state index >= 15 is 0 Å². The maximum Gasteiger partial charge on any atom is 0.255 e. The summed E-state index contributed by atoms with van der Waals surface area (Å²) in [4.78, 5) is 12.0. The Morgan fingerprint density at radius 2 is 2.28 bits per heavy atom. The number of amides is 1. The van der Waals surface area contributed by atoms with Gasteiger partial charge in [-0.2, -0.15) is 0 Å². The molecule has 1 rings (SSSR count). The lowest BCUT2D eigenvalue weighted by Gasteiger charge is -2.17. The highest BCUT2D eigenvalue weighted by atomic mass is 79.9. The molecule has 1 unspecified atom stereocenters. The maximum atomic E-state index is 12.0. The normalized spacial score (nSPS) is 12.2. The van der Waals surface area contributed by atoms with E-state index in [1.54, 1.807) is 19.2 Å². The molecule has 0 aliphatic carbocycles. The van der Waals surface area contributed by atoms with E-state index in [-0.39, 0.29) is 23.3 Å². The summed E-state index contributed by atoms with van der Waals surface area (Å²) in [5.41, 5.74) is 0.274. The minimum Gasteiger partial charge on any atom is -0.507 e. The van der Waals surface area contributed by atoms with Crippen molar-refractivity contribution in [2.24, 2.45) is 0 Å². The lowest BCUT2D eigenvalue weighted by Crippen LogP contribution is -2.37. The number of phenolic OH excluding ortho intramolecular Hbond substituents is 1. The number of halogens is 1. The molecule has 0 fully saturated rings. The second-order valence-corrected chi connectivity index (χ2v) is 4.99. The van der Waals surface area contributed by atoms with Crippen LogP contribution in [0.3, 0.4) is 0 Å². The van der Waals surface area contributed by atoms with E-state index in [9.17, 15) is 9.90 Å². The Hall–Kier alpha value is -1.07. The van der Waals surface area contributed by atoms with Crippen molar-refractivity contribution in [3.63, 3.8) is 0 Å². The van der Waals surface area contributed by atoms with Gasteiger partial charge in [-0.3, -0.25) is 4.79 Å². The van der Waals surface area contributed by atoms with Crippen LogP contribution >= 0.6 is 15.9 Å². The molecule has 1 aromatic rings. The number of rotatable bonds is 6. The van der Waals surface area contributed by atoms with E-state index in [1.807, 2.05) is 6.92 Å². The molecule has 1 atom stereocenters. The predicted molar refractivity (Wildman–Crippen MR) is 73.8 cm³/mol. The van der Waals surface area contributed by atoms with Crippen LogP contribution in [0, 0.1) is 0 Å². The van der Waals surface area contributed by atoms with Crippen LogP contribution < -0.4 is 5.32 Å². The van der Waals surface area contributed by atoms with Gasteiger partial charge in [0.1, 0.15) is 5.75 Å². The van der Waals surface area contributed by atoms with E-state index < -0.39 is 0 Å². The Kier molecular flexibility index (Phi) is 6.15. The number of hydrogen-bond donors (Lipinski definition) is 2. The second kappa shape index (κ2) is 7.38. The van der Waals surface area contributed by atoms with E-state index in [0.717, 1.165) is 17.3 Å². The third kappa shape index (κ3) is 4.31. The molecule has 0 radical (unpaired) electrons. The van der Waals surface area contributed by atoms with Gasteiger partial charge in [-0.15, -0.1) is 0 Å². The van der Waals surface area contributed by atoms with E-state index in [1.165, 1.54) is 6.07 Å². The number of carbonyl (C=O) groups excluding carboxylic acids is 1. The number of ether oxygens (including phenoxy) is 1. The molecule has 0 saturated heterocycles. The van der Waals surface area contributed by atoms with Crippen molar-refractivity contribution in [2.45, 2.75) is 25.8 Å². The number of carbonyl (C=O) groups is 1. The fourth-order valence-electron chi connectivity index (χ4n) is 1.71. The molecular weight excluding hydrogens is 298 g/mol. The Labute approximate surface area is 115 Å². The molecule has 0 bridgehead atoms. The molecule has 2 N–H and O–H groups in total. The highest BCUT2D eigenvalue weighted by Gasteiger charge is 2.15. The average Bonchev–Trinajstić information content (AvgIpc) is 2.29. The van der Waals surface area contributed by atoms with Crippen molar-refractivity contribution in [3.8, 4) is 5.75 Å². The highest BCUT2D eigenvalue weighted by molar-refractivity contribution is 9.10. The maximum absolute atomic E-state index is 12.0. The van der Waals surface area contributed by atoms with Crippen LogP contribution in [0.25, 0.3) is 0 Å². The first-order chi connectivity index (χ1) is 8.58. The van der Waals surface area contributed by atoms with Crippen LogP contribution in [0.15, 0.2) is 22.7 Å². The fraction of sp³-hybridized carbons (Fsp3) is 0.462. The van der Waals surface area contributed by atoms with Crippen molar-refractivity contribution in [3.05, 3.63) is 28.2 Å². The van der Waals surface area contributed by atoms with E-state index in [4.69, 9.17) is 4.74 Å². The van der Waals surface area contributed by atoms with Crippen LogP contribution in [-0.2, 0) is 4.74 Å². The first kappa shape index (κ1) is 15.0. The molecule has 1 aromatic carbocycles. The summed E-state index contributed by atoms with van der Waals surface area (Å²) < 4.78 is 5.79. The highest BCUT2D eigenvalue weighted by Crippen LogP contribution is 2.22. The van der Waals surface area contributed by atoms with Gasteiger partial charge in [-0.25, -0.2) is 0 Å². The monoisotopic (exact) mass is 315 g/mol. The molecule has 0 spiro atoms. The summed E-state index contributed by atoms with van der Waals surface area (Å²) in [7, 11) is 1.60. The van der Waals surface area contributed by atoms with Gasteiger partial charge in [0.15, 0.2) is 0 Å². The number of hydrogen-bond acceptors (Lipinski definition) is 3. The summed E-state index contributed by atoms with van der Waals surface area (Å²) >= 11 is 3.23. The zero-order chi connectivity index (χ0) is 13.5. The van der Waals surface area contributed by atoms with Crippen LogP contribution in [0.4, 0.5) is 0 Å². The van der Waals surface area contributed by atoms with Gasteiger partial charge < -0.3 is 15.2 Å². The van der Waals surface area contributed by atoms with Gasteiger partial charge >= 0.3 is 0 Å². The minimum atomic E-state index is -0.282. The zero-order valence-corrected chi connectivity index (χ0v) is 12.2. The number of aromatic hydroxyl groups is 1. The largest absolute Gasteiger partial charge is 0.507 e. The molecule has 100 valence electrons. The van der Waals surface area contributed by atoms with Gasteiger partial charge in [0, 0.05) is 11.6 Å². The van der Waals surface area contributed by atoms with Gasteiger partial charge in [0.25, 0.3) is 5.91 Å². The third-order valence-electron chi connectivity index (χ3n) is 2.54. The van der Waals surface area contributed by atoms with Gasteiger partial charge in [-0.05, 0) is 24.6 Å². The molecule has 0 saturated carbocycles. The number of benzene rings is 1. The molecule has 0 aliphatic rings. The SMILES string of the molecule is CCCC(COC)NC(=O)c1ccc(Br)cc1O. The lowest BCUT2D eigenvalue weighted by molar-refractivity contribution is 0.0889. The number of phenols is 1. The van der Waals surface area contributed by atoms with Crippen LogP contribution in [-0.4, -0.2) is 30.8 Å². The number of methoxy groups -OCH3 is 1. The molecule has 0 aromatic heterocycles. The molecule has 18 heavy (non-hydrogen) atoms. The quantitative estimate of drug-likeness (QED) is 0.848. The van der Waals surface area contributed by atoms with Crippen LogP contribution in [0.2, 0.25) is 0 Å². The molecule has 0 aliphatic heterocycles. The third-order valence-corrected chi connectivity index (χ3v) is 3.04. The molecule has 4 nitrogen and oxygen atoms in total. The van der Waals surface area contributed by atoms with Crippen molar-refractivity contribution in [1.29, 1.82) is 0 Å². The molecule has 0 heterocycles. The topological polar surface area (TPSA) is 58.6 Å². The minimum absolute atomic E-state index is 0.0319. The Bertz CT molecular complexity index is 403. The van der Waals surface area contributed by atoms with Crippen molar-refractivity contribution in [2.75, 3.05) is 13.7 Å². The van der Waals surface area contributed by atoms with Gasteiger partial charge in [0.05, 0.1) is 18.2 Å². The number of nitrogens with one attached hydrogen (secondary N) is 1. The summed E-state index contributed by atoms with van der Waals surface area (Å²) in [5.74, 6) is -0.315. The average molecular weight is 316 g/mol. The van der Waals surface area contributed by atoms with Crippen molar-refractivity contribution >= 4 is 21.8 Å². The smallest absolute Gasteiger partial charge is 0.255 e. The van der Waals surface area contributed by atoms with Crippen molar-refractivity contribution in [1.82, 2.24) is 5.32 Å². The Morgan fingerprint density at radius 1 is 1.56 bits per heavy atom. The fourth-order valence-corrected chi connectivity index (χ4v) is 2.06. The summed E-state index contributed by atoms with van der Waals surface area (Å²) in [6.07, 6.45) is 1.80. The summed E-state index contributed by atoms with van der Waals surface area (Å²) in [5, 5.41) is 12.6. The molecular formula is C13H18BrNO3. The molecule has 5 heteroatoms. The zero-order valence-electron chi connectivity index (χ0n) is 10.6.